The maximum atomic E-state index is 13.2. The highest BCUT2D eigenvalue weighted by molar-refractivity contribution is 5.88. The minimum absolute atomic E-state index is 0.0340. The lowest BCUT2D eigenvalue weighted by atomic mass is 9.79. The first-order chi connectivity index (χ1) is 9.83. The summed E-state index contributed by atoms with van der Waals surface area (Å²) in [6.45, 7) is 0. The Morgan fingerprint density at radius 3 is 2.19 bits per heavy atom. The summed E-state index contributed by atoms with van der Waals surface area (Å²) < 4.78 is 26.4. The van der Waals surface area contributed by atoms with E-state index in [2.05, 4.69) is 5.32 Å². The molecule has 0 heterocycles. The highest BCUT2D eigenvalue weighted by atomic mass is 19.3. The molecule has 1 aliphatic rings. The van der Waals surface area contributed by atoms with E-state index in [9.17, 15) is 23.5 Å². The van der Waals surface area contributed by atoms with Gasteiger partial charge in [0.15, 0.2) is 0 Å². The van der Waals surface area contributed by atoms with Crippen molar-refractivity contribution >= 4 is 11.9 Å². The molecule has 114 valence electrons. The average molecular weight is 297 g/mol. The van der Waals surface area contributed by atoms with Crippen LogP contribution in [0.3, 0.4) is 0 Å². The molecule has 2 rings (SSSR count). The van der Waals surface area contributed by atoms with Crippen LogP contribution in [0.5, 0.6) is 0 Å². The molecule has 4 nitrogen and oxygen atoms in total. The molecule has 0 aromatic heterocycles. The topological polar surface area (TPSA) is 66.4 Å². The van der Waals surface area contributed by atoms with Gasteiger partial charge >= 0.3 is 5.97 Å². The van der Waals surface area contributed by atoms with E-state index in [0.717, 1.165) is 5.56 Å². The van der Waals surface area contributed by atoms with E-state index >= 15 is 0 Å². The maximum Gasteiger partial charge on any atom is 0.329 e. The first-order valence-electron chi connectivity index (χ1n) is 6.79. The van der Waals surface area contributed by atoms with Crippen molar-refractivity contribution in [1.82, 2.24) is 5.32 Å². The quantitative estimate of drug-likeness (QED) is 0.896. The van der Waals surface area contributed by atoms with Gasteiger partial charge < -0.3 is 10.4 Å². The van der Waals surface area contributed by atoms with Crippen LogP contribution in [0.4, 0.5) is 8.78 Å². The van der Waals surface area contributed by atoms with Gasteiger partial charge in [0.2, 0.25) is 11.8 Å². The number of aliphatic carboxylic acids is 1. The minimum Gasteiger partial charge on any atom is -0.480 e. The van der Waals surface area contributed by atoms with E-state index in [1.807, 2.05) is 6.07 Å². The van der Waals surface area contributed by atoms with E-state index in [0.29, 0.717) is 0 Å². The normalized spacial score (nSPS) is 19.7. The third kappa shape index (κ3) is 3.77. The predicted molar refractivity (Wildman–Crippen MR) is 72.1 cm³/mol. The molecule has 6 heteroatoms. The molecule has 0 aliphatic heterocycles. The van der Waals surface area contributed by atoms with E-state index in [1.165, 1.54) is 0 Å². The van der Waals surface area contributed by atoms with Gasteiger partial charge in [-0.3, -0.25) is 4.79 Å². The Bertz CT molecular complexity index is 521. The van der Waals surface area contributed by atoms with Crippen molar-refractivity contribution in [2.45, 2.75) is 43.6 Å². The van der Waals surface area contributed by atoms with Gasteiger partial charge in [-0.2, -0.15) is 0 Å². The van der Waals surface area contributed by atoms with Crippen LogP contribution in [0, 0.1) is 0 Å². The zero-order valence-electron chi connectivity index (χ0n) is 11.4. The van der Waals surface area contributed by atoms with E-state index in [1.54, 1.807) is 24.3 Å². The van der Waals surface area contributed by atoms with E-state index in [4.69, 9.17) is 0 Å². The Kier molecular flexibility index (Phi) is 4.25. The molecule has 0 atom stereocenters. The third-order valence-corrected chi connectivity index (χ3v) is 3.83. The molecule has 0 bridgehead atoms. The molecule has 1 aliphatic carbocycles. The summed E-state index contributed by atoms with van der Waals surface area (Å²) >= 11 is 0. The zero-order chi connectivity index (χ0) is 15.5. The number of carbonyl (C=O) groups excluding carboxylic acids is 1. The monoisotopic (exact) mass is 297 g/mol. The Hall–Kier alpha value is -1.98. The summed E-state index contributed by atoms with van der Waals surface area (Å²) in [5.74, 6) is -4.56. The number of carboxylic acid groups (broad SMARTS) is 1. The molecule has 2 N–H and O–H groups in total. The standard InChI is InChI=1S/C15H17F2NO3/c16-15(17)8-6-14(7-9-15,13(20)21)18-12(19)10-11-4-2-1-3-5-11/h1-5H,6-10H2,(H,18,19)(H,20,21). The highest BCUT2D eigenvalue weighted by Gasteiger charge is 2.48. The largest absolute Gasteiger partial charge is 0.480 e. The van der Waals surface area contributed by atoms with Crippen molar-refractivity contribution in [2.75, 3.05) is 0 Å². The first kappa shape index (κ1) is 15.4. The van der Waals surface area contributed by atoms with Crippen LogP contribution in [-0.4, -0.2) is 28.4 Å². The summed E-state index contributed by atoms with van der Waals surface area (Å²) in [7, 11) is 0. The Labute approximate surface area is 121 Å². The predicted octanol–water partition coefficient (Wildman–Crippen LogP) is 2.38. The van der Waals surface area contributed by atoms with Crippen LogP contribution in [0.15, 0.2) is 30.3 Å². The van der Waals surface area contributed by atoms with Gasteiger partial charge in [-0.15, -0.1) is 0 Å². The number of nitrogens with one attached hydrogen (secondary N) is 1. The lowest BCUT2D eigenvalue weighted by molar-refractivity contribution is -0.153. The van der Waals surface area contributed by atoms with Crippen molar-refractivity contribution in [3.63, 3.8) is 0 Å². The fourth-order valence-corrected chi connectivity index (χ4v) is 2.53. The number of benzene rings is 1. The second-order valence-corrected chi connectivity index (χ2v) is 5.45. The molecular formula is C15H17F2NO3. The third-order valence-electron chi connectivity index (χ3n) is 3.83. The van der Waals surface area contributed by atoms with Crippen LogP contribution in [-0.2, 0) is 16.0 Å². The maximum absolute atomic E-state index is 13.2. The second-order valence-electron chi connectivity index (χ2n) is 5.45. The van der Waals surface area contributed by atoms with Gasteiger partial charge in [0.05, 0.1) is 6.42 Å². The number of halogens is 2. The van der Waals surface area contributed by atoms with Gasteiger partial charge in [0.1, 0.15) is 5.54 Å². The Morgan fingerprint density at radius 2 is 1.67 bits per heavy atom. The molecule has 21 heavy (non-hydrogen) atoms. The van der Waals surface area contributed by atoms with Crippen molar-refractivity contribution in [1.29, 1.82) is 0 Å². The SMILES string of the molecule is O=C(Cc1ccccc1)NC1(C(=O)O)CCC(F)(F)CC1. The van der Waals surface area contributed by atoms with Crippen molar-refractivity contribution < 1.29 is 23.5 Å². The fraction of sp³-hybridized carbons (Fsp3) is 0.467. The van der Waals surface area contributed by atoms with E-state index in [-0.39, 0.29) is 19.3 Å². The molecule has 1 fully saturated rings. The average Bonchev–Trinajstić information content (AvgIpc) is 2.42. The molecule has 0 radical (unpaired) electrons. The number of hydrogen-bond donors (Lipinski definition) is 2. The molecule has 0 unspecified atom stereocenters. The van der Waals surface area contributed by atoms with Crippen molar-refractivity contribution in [2.24, 2.45) is 0 Å². The van der Waals surface area contributed by atoms with Gasteiger partial charge in [0, 0.05) is 12.8 Å². The first-order valence-corrected chi connectivity index (χ1v) is 6.79. The van der Waals surface area contributed by atoms with Crippen LogP contribution in [0.25, 0.3) is 0 Å². The fourth-order valence-electron chi connectivity index (χ4n) is 2.53. The molecule has 0 saturated heterocycles. The van der Waals surface area contributed by atoms with Gasteiger partial charge in [0.25, 0.3) is 0 Å². The van der Waals surface area contributed by atoms with Crippen LogP contribution in [0.2, 0.25) is 0 Å². The molecule has 1 amide bonds. The molecular weight excluding hydrogens is 280 g/mol. The van der Waals surface area contributed by atoms with Gasteiger partial charge in [-0.05, 0) is 18.4 Å². The molecule has 1 aromatic carbocycles. The summed E-state index contributed by atoms with van der Waals surface area (Å²) in [4.78, 5) is 23.4. The number of rotatable bonds is 4. The minimum atomic E-state index is -2.84. The number of carbonyl (C=O) groups is 2. The number of alkyl halides is 2. The van der Waals surface area contributed by atoms with Crippen molar-refractivity contribution in [3.8, 4) is 0 Å². The van der Waals surface area contributed by atoms with Crippen LogP contribution >= 0.6 is 0 Å². The van der Waals surface area contributed by atoms with Gasteiger partial charge in [-0.25, -0.2) is 13.6 Å². The number of amides is 1. The lowest BCUT2D eigenvalue weighted by Gasteiger charge is -2.37. The molecule has 1 saturated carbocycles. The Balaban J connectivity index is 2.04. The van der Waals surface area contributed by atoms with Crippen molar-refractivity contribution in [3.05, 3.63) is 35.9 Å². The number of hydrogen-bond acceptors (Lipinski definition) is 2. The van der Waals surface area contributed by atoms with Gasteiger partial charge in [-0.1, -0.05) is 30.3 Å². The highest BCUT2D eigenvalue weighted by Crippen LogP contribution is 2.38. The zero-order valence-corrected chi connectivity index (χ0v) is 11.4. The summed E-state index contributed by atoms with van der Waals surface area (Å²) in [6, 6.07) is 8.86. The lowest BCUT2D eigenvalue weighted by Crippen LogP contribution is -2.58. The Morgan fingerprint density at radius 1 is 1.10 bits per heavy atom. The number of carboxylic acids is 1. The van der Waals surface area contributed by atoms with E-state index < -0.39 is 36.2 Å². The molecule has 0 spiro atoms. The van der Waals surface area contributed by atoms with Crippen LogP contribution in [0.1, 0.15) is 31.2 Å². The van der Waals surface area contributed by atoms with Crippen LogP contribution < -0.4 is 5.32 Å². The summed E-state index contributed by atoms with van der Waals surface area (Å²) in [6.07, 6.45) is -1.52. The summed E-state index contributed by atoms with van der Waals surface area (Å²) in [5, 5.41) is 11.8. The summed E-state index contributed by atoms with van der Waals surface area (Å²) in [5.41, 5.74) is -0.829. The second kappa shape index (κ2) is 5.79. The molecule has 1 aromatic rings. The smallest absolute Gasteiger partial charge is 0.329 e.